The fourth-order valence-corrected chi connectivity index (χ4v) is 2.56. The molecule has 0 bridgehead atoms. The molecule has 0 aliphatic rings. The molecule has 1 heterocycles. The minimum atomic E-state index is -3.85. The van der Waals surface area contributed by atoms with Crippen molar-refractivity contribution in [3.05, 3.63) is 57.3 Å². The molecule has 0 radical (unpaired) electrons. The van der Waals surface area contributed by atoms with E-state index in [9.17, 15) is 22.0 Å². The normalized spacial score (nSPS) is 11.2. The van der Waals surface area contributed by atoms with Gasteiger partial charge in [-0.2, -0.15) is 4.39 Å². The van der Waals surface area contributed by atoms with Crippen molar-refractivity contribution in [1.82, 2.24) is 9.71 Å². The van der Waals surface area contributed by atoms with Crippen molar-refractivity contribution >= 4 is 39.1 Å². The highest BCUT2D eigenvalue weighted by atomic mass is 35.5. The Morgan fingerprint density at radius 1 is 1.24 bits per heavy atom. The highest BCUT2D eigenvalue weighted by molar-refractivity contribution is 7.89. The molecule has 2 rings (SSSR count). The van der Waals surface area contributed by atoms with Crippen molar-refractivity contribution in [3.8, 4) is 5.75 Å². The fourth-order valence-electron chi connectivity index (χ4n) is 1.74. The molecule has 0 saturated carbocycles. The first-order valence-corrected chi connectivity index (χ1v) is 9.15. The van der Waals surface area contributed by atoms with Gasteiger partial charge in [0.05, 0.1) is 23.0 Å². The van der Waals surface area contributed by atoms with Crippen LogP contribution in [0.15, 0.2) is 24.4 Å². The number of pyridine rings is 1. The lowest BCUT2D eigenvalue weighted by Crippen LogP contribution is -2.30. The number of sulfonamides is 1. The summed E-state index contributed by atoms with van der Waals surface area (Å²) in [7, 11) is -3.85. The molecule has 11 heteroatoms. The van der Waals surface area contributed by atoms with Gasteiger partial charge in [0.25, 0.3) is 5.91 Å². The summed E-state index contributed by atoms with van der Waals surface area (Å²) in [5.74, 6) is -2.87. The minimum Gasteiger partial charge on any atom is -0.487 e. The predicted molar refractivity (Wildman–Crippen MR) is 87.3 cm³/mol. The van der Waals surface area contributed by atoms with E-state index in [4.69, 9.17) is 27.9 Å². The highest BCUT2D eigenvalue weighted by Crippen LogP contribution is 2.24. The van der Waals surface area contributed by atoms with Crippen LogP contribution in [-0.2, 0) is 16.6 Å². The third kappa shape index (κ3) is 5.25. The van der Waals surface area contributed by atoms with E-state index in [1.165, 1.54) is 6.07 Å². The molecule has 0 atom stereocenters. The molecule has 1 amide bonds. The second-order valence-corrected chi connectivity index (χ2v) is 7.42. The van der Waals surface area contributed by atoms with Crippen molar-refractivity contribution in [2.45, 2.75) is 6.61 Å². The number of carbonyl (C=O) groups is 1. The Morgan fingerprint density at radius 2 is 1.92 bits per heavy atom. The number of hydrogen-bond acceptors (Lipinski definition) is 5. The maximum Gasteiger partial charge on any atom is 0.267 e. The summed E-state index contributed by atoms with van der Waals surface area (Å²) >= 11 is 11.5. The Kier molecular flexibility index (Phi) is 5.81. The molecule has 1 N–H and O–H groups in total. The Morgan fingerprint density at radius 3 is 2.52 bits per heavy atom. The number of ether oxygens (including phenoxy) is 1. The van der Waals surface area contributed by atoms with Gasteiger partial charge >= 0.3 is 0 Å². The van der Waals surface area contributed by atoms with Crippen molar-refractivity contribution in [2.24, 2.45) is 0 Å². The average Bonchev–Trinajstić information content (AvgIpc) is 2.49. The summed E-state index contributed by atoms with van der Waals surface area (Å²) in [5.41, 5.74) is -0.360. The number of halogens is 4. The minimum absolute atomic E-state index is 0.0266. The van der Waals surface area contributed by atoms with Crippen LogP contribution < -0.4 is 9.46 Å². The molecule has 6 nitrogen and oxygen atoms in total. The molecular formula is C14H10Cl2F2N2O4S. The van der Waals surface area contributed by atoms with Crippen molar-refractivity contribution in [1.29, 1.82) is 0 Å². The molecule has 0 fully saturated rings. The summed E-state index contributed by atoms with van der Waals surface area (Å²) in [5, 5.41) is -0.274. The number of amides is 1. The Hall–Kier alpha value is -1.97. The first-order valence-electron chi connectivity index (χ1n) is 6.50. The summed E-state index contributed by atoms with van der Waals surface area (Å²) in [4.78, 5) is 15.1. The zero-order chi connectivity index (χ0) is 18.8. The van der Waals surface area contributed by atoms with Gasteiger partial charge in [0.2, 0.25) is 16.0 Å². The second-order valence-electron chi connectivity index (χ2n) is 4.86. The Labute approximate surface area is 151 Å². The van der Waals surface area contributed by atoms with E-state index in [-0.39, 0.29) is 28.0 Å². The smallest absolute Gasteiger partial charge is 0.267 e. The van der Waals surface area contributed by atoms with Crippen LogP contribution >= 0.6 is 23.2 Å². The third-order valence-electron chi connectivity index (χ3n) is 2.82. The van der Waals surface area contributed by atoms with Gasteiger partial charge in [-0.1, -0.05) is 23.2 Å². The number of carbonyl (C=O) groups excluding carboxylic acids is 1. The van der Waals surface area contributed by atoms with Crippen LogP contribution in [0, 0.1) is 11.8 Å². The summed E-state index contributed by atoms with van der Waals surface area (Å²) in [6.45, 7) is -0.215. The van der Waals surface area contributed by atoms with Gasteiger partial charge in [0.15, 0.2) is 0 Å². The maximum atomic E-state index is 14.0. The van der Waals surface area contributed by atoms with Crippen LogP contribution in [-0.4, -0.2) is 25.6 Å². The molecule has 25 heavy (non-hydrogen) atoms. The molecular weight excluding hydrogens is 401 g/mol. The van der Waals surface area contributed by atoms with Crippen LogP contribution in [0.5, 0.6) is 5.75 Å². The summed E-state index contributed by atoms with van der Waals surface area (Å²) in [6.07, 6.45) is 1.84. The van der Waals surface area contributed by atoms with Gasteiger partial charge in [0.1, 0.15) is 18.2 Å². The topological polar surface area (TPSA) is 85.4 Å². The van der Waals surface area contributed by atoms with Gasteiger partial charge in [-0.05, 0) is 12.1 Å². The zero-order valence-electron chi connectivity index (χ0n) is 12.5. The van der Waals surface area contributed by atoms with Gasteiger partial charge in [-0.15, -0.1) is 0 Å². The molecule has 134 valence electrons. The first-order chi connectivity index (χ1) is 11.6. The van der Waals surface area contributed by atoms with Crippen LogP contribution in [0.3, 0.4) is 0 Å². The van der Waals surface area contributed by atoms with Crippen LogP contribution in [0.1, 0.15) is 15.9 Å². The molecule has 0 unspecified atom stereocenters. The number of benzene rings is 1. The highest BCUT2D eigenvalue weighted by Gasteiger charge is 2.18. The van der Waals surface area contributed by atoms with Gasteiger partial charge < -0.3 is 4.74 Å². The lowest BCUT2D eigenvalue weighted by atomic mass is 10.1. The van der Waals surface area contributed by atoms with E-state index in [1.807, 2.05) is 0 Å². The van der Waals surface area contributed by atoms with E-state index < -0.39 is 33.3 Å². The van der Waals surface area contributed by atoms with Gasteiger partial charge in [-0.25, -0.2) is 22.5 Å². The largest absolute Gasteiger partial charge is 0.487 e. The van der Waals surface area contributed by atoms with Gasteiger partial charge in [0, 0.05) is 16.7 Å². The van der Waals surface area contributed by atoms with Crippen LogP contribution in [0.2, 0.25) is 10.0 Å². The predicted octanol–water partition coefficient (Wildman–Crippen LogP) is 2.94. The third-order valence-corrected chi connectivity index (χ3v) is 4.00. The van der Waals surface area contributed by atoms with E-state index in [0.29, 0.717) is 0 Å². The molecule has 1 aromatic carbocycles. The van der Waals surface area contributed by atoms with Crippen molar-refractivity contribution < 1.29 is 26.7 Å². The Bertz CT molecular complexity index is 939. The monoisotopic (exact) mass is 410 g/mol. The van der Waals surface area contributed by atoms with Crippen molar-refractivity contribution in [2.75, 3.05) is 6.26 Å². The lowest BCUT2D eigenvalue weighted by Gasteiger charge is -2.10. The van der Waals surface area contributed by atoms with Crippen molar-refractivity contribution in [3.63, 3.8) is 0 Å². The fraction of sp³-hybridized carbons (Fsp3) is 0.143. The lowest BCUT2D eigenvalue weighted by molar-refractivity contribution is 0.0977. The van der Waals surface area contributed by atoms with E-state index >= 15 is 0 Å². The molecule has 0 aliphatic carbocycles. The molecule has 0 aliphatic heterocycles. The maximum absolute atomic E-state index is 14.0. The first kappa shape index (κ1) is 19.4. The number of nitrogens with zero attached hydrogens (tertiary/aromatic N) is 1. The molecule has 0 saturated heterocycles. The molecule has 2 aromatic rings. The van der Waals surface area contributed by atoms with Crippen LogP contribution in [0.4, 0.5) is 8.78 Å². The number of hydrogen-bond donors (Lipinski definition) is 1. The Balaban J connectivity index is 2.19. The summed E-state index contributed by atoms with van der Waals surface area (Å²) < 4.78 is 56.0. The zero-order valence-corrected chi connectivity index (χ0v) is 14.8. The second kappa shape index (κ2) is 7.51. The average molecular weight is 411 g/mol. The molecule has 1 aromatic heterocycles. The van der Waals surface area contributed by atoms with E-state index in [2.05, 4.69) is 4.98 Å². The molecule has 0 spiro atoms. The quantitative estimate of drug-likeness (QED) is 0.765. The number of nitrogens with one attached hydrogen (secondary N) is 1. The SMILES string of the molecule is CS(=O)(=O)NC(=O)c1cc(Cl)c(COc2cnc(F)c(Cl)c2)cc1F. The van der Waals surface area contributed by atoms with Crippen LogP contribution in [0.25, 0.3) is 0 Å². The number of aromatic nitrogens is 1. The summed E-state index contributed by atoms with van der Waals surface area (Å²) in [6, 6.07) is 3.09. The van der Waals surface area contributed by atoms with Gasteiger partial charge in [-0.3, -0.25) is 4.79 Å². The van der Waals surface area contributed by atoms with E-state index in [1.54, 1.807) is 4.72 Å². The van der Waals surface area contributed by atoms with E-state index in [0.717, 1.165) is 24.6 Å². The number of rotatable bonds is 5. The standard InChI is InChI=1S/C14H10Cl2F2N2O4S/c1-25(22,23)20-14(21)9-4-10(15)7(2-12(9)17)6-24-8-3-11(16)13(18)19-5-8/h2-5H,6H2,1H3,(H,20,21).